The van der Waals surface area contributed by atoms with Crippen molar-refractivity contribution in [2.75, 3.05) is 88.5 Å². The second-order valence-electron chi connectivity index (χ2n) is 19.6. The molecule has 2 atom stereocenters. The van der Waals surface area contributed by atoms with Crippen molar-refractivity contribution in [1.29, 1.82) is 0 Å². The number of hydrogen-bond donors (Lipinski definition) is 0. The van der Waals surface area contributed by atoms with E-state index in [9.17, 15) is 4.79 Å². The summed E-state index contributed by atoms with van der Waals surface area (Å²) in [5.41, 5.74) is 4.99. The second-order valence-corrected chi connectivity index (χ2v) is 21.1. The Kier molecular flexibility index (Phi) is 21.3. The molecule has 2 aliphatic heterocycles. The molecule has 11 nitrogen and oxygen atoms in total. The summed E-state index contributed by atoms with van der Waals surface area (Å²) in [6, 6.07) is 31.7. The van der Waals surface area contributed by atoms with Crippen LogP contribution in [0.25, 0.3) is 21.8 Å². The maximum absolute atomic E-state index is 13.9. The number of fused-ring (bicyclic) bond motifs is 2. The molecule has 2 fully saturated rings. The van der Waals surface area contributed by atoms with Crippen molar-refractivity contribution < 1.29 is 23.7 Å². The molecule has 2 aromatic heterocycles. The minimum Gasteiger partial charge on any atom is -0.494 e. The van der Waals surface area contributed by atoms with Crippen LogP contribution in [0.1, 0.15) is 114 Å². The molecule has 4 aromatic carbocycles. The van der Waals surface area contributed by atoms with E-state index in [0.29, 0.717) is 57.5 Å². The Morgan fingerprint density at radius 2 is 0.932 bits per heavy atom. The first kappa shape index (κ1) is 55.5. The van der Waals surface area contributed by atoms with Gasteiger partial charge in [0.2, 0.25) is 0 Å². The Morgan fingerprint density at radius 3 is 1.35 bits per heavy atom. The van der Waals surface area contributed by atoms with Gasteiger partial charge in [-0.1, -0.05) is 110 Å². The Balaban J connectivity index is 0.822. The van der Waals surface area contributed by atoms with Gasteiger partial charge >= 0.3 is 6.16 Å². The summed E-state index contributed by atoms with van der Waals surface area (Å²) in [6.45, 7) is 15.2. The molecule has 0 aliphatic carbocycles. The van der Waals surface area contributed by atoms with Crippen LogP contribution in [0.15, 0.2) is 97.1 Å². The fourth-order valence-corrected chi connectivity index (χ4v) is 10.7. The average Bonchev–Trinajstić information content (AvgIpc) is 3.42. The third-order valence-corrected chi connectivity index (χ3v) is 15.8. The summed E-state index contributed by atoms with van der Waals surface area (Å²) in [4.78, 5) is 33.6. The Morgan fingerprint density at radius 1 is 0.514 bits per heavy atom. The maximum atomic E-state index is 13.9. The van der Waals surface area contributed by atoms with Crippen LogP contribution >= 0.6 is 46.4 Å². The van der Waals surface area contributed by atoms with Crippen LogP contribution in [-0.4, -0.2) is 105 Å². The first-order valence-electron chi connectivity index (χ1n) is 26.9. The number of unbranched alkanes of at least 4 members (excludes halogenated alkanes) is 6. The van der Waals surface area contributed by atoms with E-state index in [0.717, 1.165) is 174 Å². The Bertz CT molecular complexity index is 2550. The SMILES string of the molecule is CCCCCC(OC(=O)OC(CCCCC)c1ccc2ccc(OCCCCN3CCN(c4cccc(Cl)c4Cl)CC3)cc2n1)c1ccc2ccc(OCCCCN3CCN(c4cccc(Cl)c4Cl)CC3)cc2n1. The molecule has 0 N–H and O–H groups in total. The van der Waals surface area contributed by atoms with Crippen LogP contribution in [-0.2, 0) is 9.47 Å². The second kappa shape index (κ2) is 28.4. The molecular formula is C59H72Cl4N6O5. The topological polar surface area (TPSA) is 92.7 Å². The van der Waals surface area contributed by atoms with Crippen LogP contribution in [0.5, 0.6) is 11.5 Å². The lowest BCUT2D eigenvalue weighted by Crippen LogP contribution is -2.46. The van der Waals surface area contributed by atoms with Crippen molar-refractivity contribution >= 4 is 85.7 Å². The summed E-state index contributed by atoms with van der Waals surface area (Å²) >= 11 is 25.5. The predicted octanol–water partition coefficient (Wildman–Crippen LogP) is 15.5. The fraction of sp³-hybridized carbons (Fsp3) is 0.475. The summed E-state index contributed by atoms with van der Waals surface area (Å²) in [6.07, 6.45) is 9.26. The zero-order valence-corrected chi connectivity index (χ0v) is 46.1. The highest BCUT2D eigenvalue weighted by Crippen LogP contribution is 2.35. The van der Waals surface area contributed by atoms with Crippen molar-refractivity contribution in [2.24, 2.45) is 0 Å². The van der Waals surface area contributed by atoms with Gasteiger partial charge in [0, 0.05) is 75.3 Å². The number of ether oxygens (including phenoxy) is 4. The molecule has 0 saturated carbocycles. The molecule has 2 unspecified atom stereocenters. The molecule has 74 heavy (non-hydrogen) atoms. The highest BCUT2D eigenvalue weighted by molar-refractivity contribution is 6.44. The van der Waals surface area contributed by atoms with E-state index in [4.69, 9.17) is 75.3 Å². The molecule has 8 rings (SSSR count). The molecule has 2 saturated heterocycles. The van der Waals surface area contributed by atoms with Crippen LogP contribution in [0.3, 0.4) is 0 Å². The molecule has 0 radical (unpaired) electrons. The van der Waals surface area contributed by atoms with E-state index < -0.39 is 18.4 Å². The first-order valence-corrected chi connectivity index (χ1v) is 28.4. The molecular weight excluding hydrogens is 1010 g/mol. The monoisotopic (exact) mass is 1080 g/mol. The number of piperazine rings is 2. The van der Waals surface area contributed by atoms with Crippen molar-refractivity contribution in [3.05, 3.63) is 129 Å². The number of hydrogen-bond acceptors (Lipinski definition) is 11. The zero-order valence-electron chi connectivity index (χ0n) is 43.1. The van der Waals surface area contributed by atoms with E-state index >= 15 is 0 Å². The lowest BCUT2D eigenvalue weighted by molar-refractivity contribution is -0.0106. The van der Waals surface area contributed by atoms with Gasteiger partial charge < -0.3 is 28.7 Å². The van der Waals surface area contributed by atoms with Gasteiger partial charge in [-0.2, -0.15) is 0 Å². The highest BCUT2D eigenvalue weighted by Gasteiger charge is 2.26. The van der Waals surface area contributed by atoms with Gasteiger partial charge in [-0.15, -0.1) is 0 Å². The van der Waals surface area contributed by atoms with Gasteiger partial charge in [-0.25, -0.2) is 14.8 Å². The minimum atomic E-state index is -0.717. The highest BCUT2D eigenvalue weighted by atomic mass is 35.5. The number of aromatic nitrogens is 2. The van der Waals surface area contributed by atoms with E-state index in [-0.39, 0.29) is 0 Å². The maximum Gasteiger partial charge on any atom is 0.509 e. The quantitative estimate of drug-likeness (QED) is 0.0384. The molecule has 4 heterocycles. The standard InChI is InChI=1S/C59H72Cl4N6O5/c1-3-5-7-19-55(49-27-23-43-21-25-45(41-51(43)64-49)71-39-11-9-29-66-31-35-68(36-32-66)53-17-13-15-47(60)57(53)62)73-59(70)74-56(20-8-6-4-2)50-28-24-44-22-26-46(42-52(44)65-50)72-40-12-10-30-67-33-37-69(38-34-67)54-18-14-16-48(61)58(54)63/h13-18,21-28,41-42,55-56H,3-12,19-20,29-40H2,1-2H3. The number of rotatable bonds is 26. The minimum absolute atomic E-state index is 0.572. The molecule has 6 aromatic rings. The summed E-state index contributed by atoms with van der Waals surface area (Å²) in [5, 5.41) is 4.42. The zero-order chi connectivity index (χ0) is 51.7. The largest absolute Gasteiger partial charge is 0.509 e. The summed E-state index contributed by atoms with van der Waals surface area (Å²) in [7, 11) is 0. The molecule has 396 valence electrons. The van der Waals surface area contributed by atoms with E-state index in [1.54, 1.807) is 0 Å². The third-order valence-electron chi connectivity index (χ3n) is 14.2. The normalized spacial score (nSPS) is 15.4. The molecule has 0 amide bonds. The first-order chi connectivity index (χ1) is 36.1. The van der Waals surface area contributed by atoms with Crippen molar-refractivity contribution in [2.45, 2.75) is 103 Å². The van der Waals surface area contributed by atoms with Gasteiger partial charge in [-0.3, -0.25) is 9.80 Å². The molecule has 0 bridgehead atoms. The Hall–Kier alpha value is -4.75. The van der Waals surface area contributed by atoms with Gasteiger partial charge in [0.15, 0.2) is 0 Å². The number of benzene rings is 4. The lowest BCUT2D eigenvalue weighted by atomic mass is 10.1. The predicted molar refractivity (Wildman–Crippen MR) is 305 cm³/mol. The van der Waals surface area contributed by atoms with E-state index in [1.165, 1.54) is 0 Å². The number of halogens is 4. The van der Waals surface area contributed by atoms with Crippen LogP contribution in [0, 0.1) is 0 Å². The fourth-order valence-electron chi connectivity index (χ4n) is 9.87. The number of nitrogens with zero attached hydrogens (tertiary/aromatic N) is 6. The van der Waals surface area contributed by atoms with Gasteiger partial charge in [0.05, 0.1) is 67.1 Å². The van der Waals surface area contributed by atoms with E-state index in [2.05, 4.69) is 33.4 Å². The molecule has 0 spiro atoms. The summed E-state index contributed by atoms with van der Waals surface area (Å²) in [5.74, 6) is 1.54. The Labute approximate surface area is 458 Å². The van der Waals surface area contributed by atoms with Crippen molar-refractivity contribution in [3.63, 3.8) is 0 Å². The lowest BCUT2D eigenvalue weighted by Gasteiger charge is -2.36. The molecule has 15 heteroatoms. The third kappa shape index (κ3) is 15.7. The van der Waals surface area contributed by atoms with E-state index in [1.807, 2.05) is 97.1 Å². The van der Waals surface area contributed by atoms with Crippen molar-refractivity contribution in [1.82, 2.24) is 19.8 Å². The van der Waals surface area contributed by atoms with Crippen LogP contribution in [0.2, 0.25) is 20.1 Å². The molecule has 2 aliphatic rings. The van der Waals surface area contributed by atoms with Crippen LogP contribution in [0.4, 0.5) is 16.2 Å². The average molecular weight is 1090 g/mol. The van der Waals surface area contributed by atoms with Crippen LogP contribution < -0.4 is 19.3 Å². The number of pyridine rings is 2. The van der Waals surface area contributed by atoms with Gasteiger partial charge in [-0.05, 0) is 125 Å². The number of carbonyl (C=O) groups is 1. The number of anilines is 2. The number of carbonyl (C=O) groups excluding carboxylic acids is 1. The van der Waals surface area contributed by atoms with Gasteiger partial charge in [0.25, 0.3) is 0 Å². The summed E-state index contributed by atoms with van der Waals surface area (Å²) < 4.78 is 24.9. The van der Waals surface area contributed by atoms with Gasteiger partial charge in [0.1, 0.15) is 23.7 Å². The van der Waals surface area contributed by atoms with Crippen molar-refractivity contribution in [3.8, 4) is 11.5 Å². The smallest absolute Gasteiger partial charge is 0.494 e.